The molecule has 3 heterocycles. The Labute approximate surface area is 228 Å². The molecule has 12 heteroatoms. The van der Waals surface area contributed by atoms with Gasteiger partial charge in [-0.15, -0.1) is 0 Å². The number of hydrogen-bond donors (Lipinski definition) is 1. The van der Waals surface area contributed by atoms with E-state index in [0.717, 1.165) is 26.9 Å². The fourth-order valence-corrected chi connectivity index (χ4v) is 7.03. The topological polar surface area (TPSA) is 105 Å². The second-order valence-electron chi connectivity index (χ2n) is 12.5. The van der Waals surface area contributed by atoms with Crippen LogP contribution in [0.4, 0.5) is 19.5 Å². The van der Waals surface area contributed by atoms with Crippen molar-refractivity contribution in [2.24, 2.45) is 5.41 Å². The number of nitrogens with one attached hydrogen (secondary N) is 1. The molecular weight excluding hydrogens is 528 g/mol. The van der Waals surface area contributed by atoms with E-state index >= 15 is 8.78 Å². The van der Waals surface area contributed by atoms with Crippen LogP contribution in [-0.4, -0.2) is 83.7 Å². The van der Waals surface area contributed by atoms with Gasteiger partial charge in [0.05, 0.1) is 23.7 Å². The van der Waals surface area contributed by atoms with Crippen molar-refractivity contribution in [2.45, 2.75) is 76.9 Å². The normalized spacial score (nSPS) is 26.1. The lowest BCUT2D eigenvalue weighted by atomic mass is 9.57. The number of ether oxygens (including phenoxy) is 1. The Hall–Kier alpha value is -2.60. The van der Waals surface area contributed by atoms with Gasteiger partial charge >= 0.3 is 6.09 Å². The zero-order valence-electron chi connectivity index (χ0n) is 23.1. The summed E-state index contributed by atoms with van der Waals surface area (Å²) in [5.74, 6) is -2.66. The minimum absolute atomic E-state index is 0.0247. The van der Waals surface area contributed by atoms with Crippen LogP contribution in [-0.2, 0) is 14.8 Å². The number of anilines is 1. The molecule has 5 rings (SSSR count). The molecule has 3 fully saturated rings. The fraction of sp³-hybridized carbons (Fsp3) is 0.667. The molecule has 1 saturated carbocycles. The van der Waals surface area contributed by atoms with Crippen molar-refractivity contribution in [3.8, 4) is 0 Å². The highest BCUT2D eigenvalue weighted by atomic mass is 32.2. The molecule has 0 atom stereocenters. The van der Waals surface area contributed by atoms with E-state index in [1.165, 1.54) is 10.6 Å². The molecule has 3 aliphatic rings. The predicted octanol–water partition coefficient (Wildman–Crippen LogP) is 4.52. The fourth-order valence-electron chi connectivity index (χ4n) is 6.15. The number of aromatic nitrogens is 2. The first kappa shape index (κ1) is 27.9. The van der Waals surface area contributed by atoms with E-state index in [1.54, 1.807) is 27.0 Å². The van der Waals surface area contributed by atoms with E-state index in [-0.39, 0.29) is 31.3 Å². The third-order valence-corrected chi connectivity index (χ3v) is 9.44. The van der Waals surface area contributed by atoms with Crippen molar-refractivity contribution >= 4 is 33.0 Å². The molecule has 1 aromatic carbocycles. The molecule has 1 aliphatic carbocycles. The van der Waals surface area contributed by atoms with Crippen molar-refractivity contribution in [2.75, 3.05) is 37.8 Å². The molecule has 39 heavy (non-hydrogen) atoms. The van der Waals surface area contributed by atoms with Crippen LogP contribution in [0.2, 0.25) is 0 Å². The molecule has 9 nitrogen and oxygen atoms in total. The number of halogens is 2. The highest BCUT2D eigenvalue weighted by Crippen LogP contribution is 2.62. The van der Waals surface area contributed by atoms with Crippen molar-refractivity contribution in [1.29, 1.82) is 0 Å². The lowest BCUT2D eigenvalue weighted by Crippen LogP contribution is -2.49. The number of hydrogen-bond acceptors (Lipinski definition) is 7. The van der Waals surface area contributed by atoms with Gasteiger partial charge in [0.25, 0.3) is 5.92 Å². The van der Waals surface area contributed by atoms with Gasteiger partial charge in [-0.3, -0.25) is 0 Å². The summed E-state index contributed by atoms with van der Waals surface area (Å²) in [7, 11) is -3.21. The maximum atomic E-state index is 15.3. The highest BCUT2D eigenvalue weighted by molar-refractivity contribution is 7.88. The third-order valence-electron chi connectivity index (χ3n) is 8.14. The van der Waals surface area contributed by atoms with E-state index < -0.39 is 39.6 Å². The van der Waals surface area contributed by atoms with Gasteiger partial charge in [-0.2, -0.15) is 0 Å². The lowest BCUT2D eigenvalue weighted by molar-refractivity contribution is -0.130. The predicted molar refractivity (Wildman–Crippen MR) is 144 cm³/mol. The summed E-state index contributed by atoms with van der Waals surface area (Å²) in [6.07, 6.45) is 4.07. The smallest absolute Gasteiger partial charge is 0.410 e. The number of amides is 1. The van der Waals surface area contributed by atoms with E-state index in [0.29, 0.717) is 31.9 Å². The number of benzene rings is 1. The molecule has 1 spiro atoms. The van der Waals surface area contributed by atoms with Gasteiger partial charge in [-0.1, -0.05) is 11.6 Å². The molecule has 214 valence electrons. The van der Waals surface area contributed by atoms with Crippen molar-refractivity contribution in [3.05, 3.63) is 29.5 Å². The first-order valence-electron chi connectivity index (χ1n) is 13.4. The molecular formula is C27H37F2N5O4S. The summed E-state index contributed by atoms with van der Waals surface area (Å²) in [6.45, 7) is 7.36. The van der Waals surface area contributed by atoms with Crippen molar-refractivity contribution in [1.82, 2.24) is 19.2 Å². The SMILES string of the molecule is Cc1cc(C2CC3(C2)CN(C(=O)OC(C)(C)C)CC3(F)F)c2nc(NC3CCN(S(C)(=O)=O)CC3)ncc2c1. The van der Waals surface area contributed by atoms with Crippen molar-refractivity contribution < 1.29 is 26.7 Å². The van der Waals surface area contributed by atoms with Crippen LogP contribution in [0, 0.1) is 12.3 Å². The Morgan fingerprint density at radius 1 is 1.15 bits per heavy atom. The highest BCUT2D eigenvalue weighted by Gasteiger charge is 2.67. The Balaban J connectivity index is 1.32. The van der Waals surface area contributed by atoms with Gasteiger partial charge in [0.1, 0.15) is 5.60 Å². The Bertz CT molecular complexity index is 1380. The summed E-state index contributed by atoms with van der Waals surface area (Å²) >= 11 is 0. The zero-order valence-corrected chi connectivity index (χ0v) is 23.9. The Morgan fingerprint density at radius 2 is 1.82 bits per heavy atom. The second kappa shape index (κ2) is 9.50. The standard InChI is InChI=1S/C27H37F2N5O4S/c1-17-10-18-14-30-23(31-20-6-8-34(9-7-20)39(5,36)37)32-22(18)21(11-17)19-12-26(13-19)15-33(16-27(26,28)29)24(35)38-25(2,3)4/h10-11,14,19-20H,6-9,12-13,15-16H2,1-5H3,(H,30,31,32). The van der Waals surface area contributed by atoms with Crippen molar-refractivity contribution in [3.63, 3.8) is 0 Å². The number of piperidine rings is 1. The van der Waals surface area contributed by atoms with E-state index in [4.69, 9.17) is 9.72 Å². The molecule has 1 amide bonds. The van der Waals surface area contributed by atoms with Gasteiger partial charge in [-0.05, 0) is 70.9 Å². The number of carbonyl (C=O) groups excluding carboxylic acids is 1. The number of alkyl halides is 2. The minimum Gasteiger partial charge on any atom is -0.444 e. The molecule has 2 saturated heterocycles. The quantitative estimate of drug-likeness (QED) is 0.581. The van der Waals surface area contributed by atoms with Crippen LogP contribution < -0.4 is 5.32 Å². The van der Waals surface area contributed by atoms with Gasteiger partial charge < -0.3 is 15.0 Å². The zero-order chi connectivity index (χ0) is 28.4. The summed E-state index contributed by atoms with van der Waals surface area (Å²) < 4.78 is 61.0. The van der Waals surface area contributed by atoms with E-state index in [2.05, 4.69) is 10.3 Å². The number of likely N-dealkylation sites (tertiary alicyclic amines) is 1. The van der Waals surface area contributed by atoms with Crippen LogP contribution in [0.3, 0.4) is 0 Å². The average molecular weight is 566 g/mol. The Morgan fingerprint density at radius 3 is 2.44 bits per heavy atom. The maximum Gasteiger partial charge on any atom is 0.410 e. The van der Waals surface area contributed by atoms with Gasteiger partial charge in [0.2, 0.25) is 16.0 Å². The summed E-state index contributed by atoms with van der Waals surface area (Å²) in [5.41, 5.74) is 0.633. The Kier molecular flexibility index (Phi) is 6.81. The summed E-state index contributed by atoms with van der Waals surface area (Å²) in [4.78, 5) is 22.9. The monoisotopic (exact) mass is 565 g/mol. The summed E-state index contributed by atoms with van der Waals surface area (Å²) in [5, 5.41) is 4.18. The molecule has 2 aliphatic heterocycles. The summed E-state index contributed by atoms with van der Waals surface area (Å²) in [6, 6.07) is 4.04. The van der Waals surface area contributed by atoms with Crippen LogP contribution in [0.5, 0.6) is 0 Å². The number of aryl methyl sites for hydroxylation is 1. The molecule has 0 unspecified atom stereocenters. The molecule has 2 aromatic rings. The molecule has 1 aromatic heterocycles. The van der Waals surface area contributed by atoms with Gasteiger partial charge in [0, 0.05) is 37.3 Å². The van der Waals surface area contributed by atoms with Gasteiger partial charge in [-0.25, -0.2) is 36.3 Å². The number of carbonyl (C=O) groups is 1. The van der Waals surface area contributed by atoms with Crippen LogP contribution in [0.15, 0.2) is 18.3 Å². The minimum atomic E-state index is -3.21. The van der Waals surface area contributed by atoms with Crippen LogP contribution in [0.25, 0.3) is 10.9 Å². The van der Waals surface area contributed by atoms with Crippen LogP contribution >= 0.6 is 0 Å². The maximum absolute atomic E-state index is 15.3. The van der Waals surface area contributed by atoms with Gasteiger partial charge in [0.15, 0.2) is 0 Å². The van der Waals surface area contributed by atoms with E-state index in [1.807, 2.05) is 19.1 Å². The van der Waals surface area contributed by atoms with Crippen LogP contribution in [0.1, 0.15) is 63.5 Å². The average Bonchev–Trinajstić information content (AvgIpc) is 3.08. The lowest BCUT2D eigenvalue weighted by Gasteiger charge is -2.48. The first-order valence-corrected chi connectivity index (χ1v) is 15.2. The second-order valence-corrected chi connectivity index (χ2v) is 14.5. The number of nitrogens with zero attached hydrogens (tertiary/aromatic N) is 4. The third kappa shape index (κ3) is 5.54. The number of fused-ring (bicyclic) bond motifs is 1. The first-order chi connectivity index (χ1) is 18.1. The number of rotatable bonds is 4. The molecule has 1 N–H and O–H groups in total. The van der Waals surface area contributed by atoms with E-state index in [9.17, 15) is 13.2 Å². The number of sulfonamides is 1. The largest absolute Gasteiger partial charge is 0.444 e. The molecule has 0 radical (unpaired) electrons. The molecule has 0 bridgehead atoms.